The van der Waals surface area contributed by atoms with E-state index in [4.69, 9.17) is 0 Å². The molecule has 0 bridgehead atoms. The summed E-state index contributed by atoms with van der Waals surface area (Å²) >= 11 is 1.71. The van der Waals surface area contributed by atoms with Crippen LogP contribution in [0.5, 0.6) is 0 Å². The number of benzene rings is 1. The topological polar surface area (TPSA) is 69.6 Å². The van der Waals surface area contributed by atoms with Gasteiger partial charge in [0.15, 0.2) is 5.96 Å². The van der Waals surface area contributed by atoms with Gasteiger partial charge in [-0.1, -0.05) is 18.2 Å². The second kappa shape index (κ2) is 8.80. The summed E-state index contributed by atoms with van der Waals surface area (Å²) in [6.45, 7) is 3.78. The maximum Gasteiger partial charge on any atom is 0.246 e. The van der Waals surface area contributed by atoms with Crippen molar-refractivity contribution in [1.29, 1.82) is 0 Å². The number of para-hydroxylation sites is 1. The molecule has 6 nitrogen and oxygen atoms in total. The van der Waals surface area contributed by atoms with Crippen LogP contribution in [0.25, 0.3) is 0 Å². The lowest BCUT2D eigenvalue weighted by atomic mass is 10.0. The number of nitrogens with zero attached hydrogens (tertiary/aromatic N) is 3. The number of aryl methyl sites for hydroxylation is 2. The summed E-state index contributed by atoms with van der Waals surface area (Å²) in [5, 5.41) is 7.46. The molecule has 0 fully saturated rings. The third-order valence-electron chi connectivity index (χ3n) is 4.34. The first kappa shape index (κ1) is 18.4. The van der Waals surface area contributed by atoms with E-state index in [-0.39, 0.29) is 12.5 Å². The molecule has 1 aliphatic heterocycles. The maximum atomic E-state index is 12.7. The highest BCUT2D eigenvalue weighted by molar-refractivity contribution is 7.11. The molecule has 0 saturated heterocycles. The van der Waals surface area contributed by atoms with Crippen molar-refractivity contribution < 1.29 is 4.79 Å². The lowest BCUT2D eigenvalue weighted by molar-refractivity contribution is -0.117. The third-order valence-corrected chi connectivity index (χ3v) is 5.31. The van der Waals surface area contributed by atoms with Crippen molar-refractivity contribution in [3.05, 3.63) is 45.9 Å². The van der Waals surface area contributed by atoms with Crippen molar-refractivity contribution in [3.8, 4) is 0 Å². The van der Waals surface area contributed by atoms with Crippen molar-refractivity contribution in [3.63, 3.8) is 0 Å². The molecule has 3 rings (SSSR count). The van der Waals surface area contributed by atoms with Crippen LogP contribution in [-0.4, -0.2) is 43.5 Å². The van der Waals surface area contributed by atoms with E-state index in [0.717, 1.165) is 43.0 Å². The molecular formula is C19H25N5OS. The Bertz CT molecular complexity index is 786. The van der Waals surface area contributed by atoms with Gasteiger partial charge in [-0.05, 0) is 31.4 Å². The number of fused-ring (bicyclic) bond motifs is 1. The number of thiazole rings is 1. The average Bonchev–Trinajstić information content (AvgIpc) is 3.08. The van der Waals surface area contributed by atoms with E-state index < -0.39 is 0 Å². The molecule has 0 atom stereocenters. The van der Waals surface area contributed by atoms with E-state index in [9.17, 15) is 4.79 Å². The van der Waals surface area contributed by atoms with Gasteiger partial charge in [0, 0.05) is 43.3 Å². The van der Waals surface area contributed by atoms with Crippen LogP contribution in [0, 0.1) is 6.92 Å². The average molecular weight is 372 g/mol. The monoisotopic (exact) mass is 371 g/mol. The number of nitrogens with one attached hydrogen (secondary N) is 2. The normalized spacial score (nSPS) is 14.1. The number of hydrogen-bond donors (Lipinski definition) is 2. The van der Waals surface area contributed by atoms with Crippen LogP contribution in [0.2, 0.25) is 0 Å². The number of aliphatic imine (C=N–C) groups is 1. The fourth-order valence-electron chi connectivity index (χ4n) is 3.07. The fourth-order valence-corrected chi connectivity index (χ4v) is 3.86. The van der Waals surface area contributed by atoms with Crippen LogP contribution in [0.3, 0.4) is 0 Å². The standard InChI is InChI=1S/C19H25N5OS/c1-14-12-22-17(26-14)9-10-21-19(20-2)23-13-18(25)24-11-5-7-15-6-3-4-8-16(15)24/h3-4,6,8,12H,5,7,9-11,13H2,1-2H3,(H2,20,21,23). The maximum absolute atomic E-state index is 12.7. The number of carbonyl (C=O) groups excluding carboxylic acids is 1. The Morgan fingerprint density at radius 3 is 2.96 bits per heavy atom. The Morgan fingerprint density at radius 1 is 1.35 bits per heavy atom. The van der Waals surface area contributed by atoms with Crippen molar-refractivity contribution in [2.75, 3.05) is 31.6 Å². The molecule has 26 heavy (non-hydrogen) atoms. The van der Waals surface area contributed by atoms with Crippen LogP contribution in [0.4, 0.5) is 5.69 Å². The predicted molar refractivity (Wildman–Crippen MR) is 107 cm³/mol. The highest BCUT2D eigenvalue weighted by atomic mass is 32.1. The summed E-state index contributed by atoms with van der Waals surface area (Å²) in [6, 6.07) is 8.14. The number of anilines is 1. The van der Waals surface area contributed by atoms with E-state index in [1.165, 1.54) is 10.4 Å². The van der Waals surface area contributed by atoms with Crippen LogP contribution in [-0.2, 0) is 17.6 Å². The number of aromatic nitrogens is 1. The zero-order chi connectivity index (χ0) is 18.4. The molecular weight excluding hydrogens is 346 g/mol. The SMILES string of the molecule is CN=C(NCCc1ncc(C)s1)NCC(=O)N1CCCc2ccccc21. The molecule has 1 aromatic heterocycles. The number of rotatable bonds is 5. The molecule has 1 aliphatic rings. The van der Waals surface area contributed by atoms with Crippen molar-refractivity contribution in [1.82, 2.24) is 15.6 Å². The fraction of sp³-hybridized carbons (Fsp3) is 0.421. The Labute approximate surface area is 158 Å². The summed E-state index contributed by atoms with van der Waals surface area (Å²) < 4.78 is 0. The number of hydrogen-bond acceptors (Lipinski definition) is 4. The zero-order valence-electron chi connectivity index (χ0n) is 15.3. The lowest BCUT2D eigenvalue weighted by Crippen LogP contribution is -2.46. The summed E-state index contributed by atoms with van der Waals surface area (Å²) in [5.41, 5.74) is 2.28. The van der Waals surface area contributed by atoms with Crippen molar-refractivity contribution >= 4 is 28.9 Å². The van der Waals surface area contributed by atoms with E-state index in [1.807, 2.05) is 29.3 Å². The Morgan fingerprint density at radius 2 is 2.19 bits per heavy atom. The Balaban J connectivity index is 1.48. The van der Waals surface area contributed by atoms with Crippen LogP contribution < -0.4 is 15.5 Å². The minimum atomic E-state index is 0.0654. The second-order valence-electron chi connectivity index (χ2n) is 6.24. The van der Waals surface area contributed by atoms with Gasteiger partial charge in [0.25, 0.3) is 0 Å². The predicted octanol–water partition coefficient (Wildman–Crippen LogP) is 2.14. The van der Waals surface area contributed by atoms with Gasteiger partial charge in [-0.2, -0.15) is 0 Å². The minimum absolute atomic E-state index is 0.0654. The molecule has 2 N–H and O–H groups in total. The van der Waals surface area contributed by atoms with Crippen LogP contribution >= 0.6 is 11.3 Å². The molecule has 0 spiro atoms. The molecule has 1 aromatic carbocycles. The molecule has 1 amide bonds. The highest BCUT2D eigenvalue weighted by Gasteiger charge is 2.21. The van der Waals surface area contributed by atoms with Crippen LogP contribution in [0.15, 0.2) is 35.5 Å². The van der Waals surface area contributed by atoms with Gasteiger partial charge in [0.05, 0.1) is 11.6 Å². The molecule has 0 unspecified atom stereocenters. The summed E-state index contributed by atoms with van der Waals surface area (Å²) in [4.78, 5) is 24.3. The highest BCUT2D eigenvalue weighted by Crippen LogP contribution is 2.26. The minimum Gasteiger partial charge on any atom is -0.356 e. The molecule has 0 saturated carbocycles. The van der Waals surface area contributed by atoms with Gasteiger partial charge < -0.3 is 15.5 Å². The van der Waals surface area contributed by atoms with Gasteiger partial charge in [-0.25, -0.2) is 4.98 Å². The first-order chi connectivity index (χ1) is 12.7. The van der Waals surface area contributed by atoms with Crippen molar-refractivity contribution in [2.24, 2.45) is 4.99 Å². The number of amides is 1. The van der Waals surface area contributed by atoms with Gasteiger partial charge in [0.2, 0.25) is 5.91 Å². The van der Waals surface area contributed by atoms with E-state index >= 15 is 0 Å². The van der Waals surface area contributed by atoms with E-state index in [1.54, 1.807) is 18.4 Å². The van der Waals surface area contributed by atoms with Crippen LogP contribution in [0.1, 0.15) is 21.9 Å². The van der Waals surface area contributed by atoms with E-state index in [2.05, 4.69) is 33.6 Å². The lowest BCUT2D eigenvalue weighted by Gasteiger charge is -2.29. The summed E-state index contributed by atoms with van der Waals surface area (Å²) in [6.07, 6.45) is 4.77. The van der Waals surface area contributed by atoms with Gasteiger partial charge in [0.1, 0.15) is 0 Å². The molecule has 0 aliphatic carbocycles. The van der Waals surface area contributed by atoms with E-state index in [0.29, 0.717) is 5.96 Å². The van der Waals surface area contributed by atoms with Gasteiger partial charge in [-0.3, -0.25) is 9.79 Å². The smallest absolute Gasteiger partial charge is 0.246 e. The number of carbonyl (C=O) groups is 1. The second-order valence-corrected chi connectivity index (χ2v) is 7.56. The summed E-state index contributed by atoms with van der Waals surface area (Å²) in [5.74, 6) is 0.701. The first-order valence-corrected chi connectivity index (χ1v) is 9.73. The van der Waals surface area contributed by atoms with Gasteiger partial charge in [-0.15, -0.1) is 11.3 Å². The largest absolute Gasteiger partial charge is 0.356 e. The summed E-state index contributed by atoms with van der Waals surface area (Å²) in [7, 11) is 1.71. The Kier molecular flexibility index (Phi) is 6.22. The molecule has 138 valence electrons. The zero-order valence-corrected chi connectivity index (χ0v) is 16.1. The molecule has 2 aromatic rings. The third kappa shape index (κ3) is 4.60. The number of guanidine groups is 1. The van der Waals surface area contributed by atoms with Crippen molar-refractivity contribution in [2.45, 2.75) is 26.2 Å². The molecule has 7 heteroatoms. The Hall–Kier alpha value is -2.41. The first-order valence-electron chi connectivity index (χ1n) is 8.91. The molecule has 2 heterocycles. The quantitative estimate of drug-likeness (QED) is 0.624. The molecule has 0 radical (unpaired) electrons. The van der Waals surface area contributed by atoms with Gasteiger partial charge >= 0.3 is 0 Å².